The summed E-state index contributed by atoms with van der Waals surface area (Å²) in [5.74, 6) is 0.452. The molecule has 144 valence electrons. The first kappa shape index (κ1) is 19.3. The van der Waals surface area contributed by atoms with Gasteiger partial charge < -0.3 is 10.6 Å². The van der Waals surface area contributed by atoms with Gasteiger partial charge in [-0.05, 0) is 36.8 Å². The third kappa shape index (κ3) is 5.06. The Morgan fingerprint density at radius 1 is 1.00 bits per heavy atom. The Morgan fingerprint density at radius 3 is 2.15 bits per heavy atom. The van der Waals surface area contributed by atoms with E-state index >= 15 is 0 Å². The summed E-state index contributed by atoms with van der Waals surface area (Å²) < 4.78 is 0. The largest absolute Gasteiger partial charge is 0.349 e. The molecule has 0 radical (unpaired) electrons. The van der Waals surface area contributed by atoms with E-state index in [0.717, 1.165) is 31.4 Å². The Labute approximate surface area is 162 Å². The summed E-state index contributed by atoms with van der Waals surface area (Å²) in [6.45, 7) is 4.28. The maximum absolute atomic E-state index is 12.5. The summed E-state index contributed by atoms with van der Waals surface area (Å²) in [5, 5.41) is 6.49. The number of hydrogen-bond donors (Lipinski definition) is 2. The lowest BCUT2D eigenvalue weighted by Crippen LogP contribution is -2.34. The second-order valence-corrected chi connectivity index (χ2v) is 7.24. The SMILES string of the molecule is CCc1cccc(CC)c1Nc1ncc(C(=O)NC2CCCCCC2)cn1. The first-order valence-corrected chi connectivity index (χ1v) is 10.2. The number of para-hydroxylation sites is 1. The number of carbonyl (C=O) groups excluding carboxylic acids is 1. The number of rotatable bonds is 6. The second kappa shape index (κ2) is 9.49. The number of nitrogens with one attached hydrogen (secondary N) is 2. The molecule has 0 spiro atoms. The van der Waals surface area contributed by atoms with Gasteiger partial charge in [0.2, 0.25) is 5.95 Å². The summed E-state index contributed by atoms with van der Waals surface area (Å²) in [6.07, 6.45) is 12.2. The molecule has 1 aliphatic carbocycles. The number of hydrogen-bond acceptors (Lipinski definition) is 4. The smallest absolute Gasteiger partial charge is 0.254 e. The van der Waals surface area contributed by atoms with Gasteiger partial charge in [-0.3, -0.25) is 4.79 Å². The van der Waals surface area contributed by atoms with Gasteiger partial charge in [-0.15, -0.1) is 0 Å². The van der Waals surface area contributed by atoms with Crippen molar-refractivity contribution in [2.45, 2.75) is 71.3 Å². The number of carbonyl (C=O) groups is 1. The zero-order valence-electron chi connectivity index (χ0n) is 16.4. The number of benzene rings is 1. The van der Waals surface area contributed by atoms with Crippen LogP contribution in [0.4, 0.5) is 11.6 Å². The molecule has 5 heteroatoms. The maximum Gasteiger partial charge on any atom is 0.254 e. The molecule has 2 N–H and O–H groups in total. The Balaban J connectivity index is 1.68. The highest BCUT2D eigenvalue weighted by atomic mass is 16.1. The lowest BCUT2D eigenvalue weighted by molar-refractivity contribution is 0.0932. The quantitative estimate of drug-likeness (QED) is 0.721. The monoisotopic (exact) mass is 366 g/mol. The van der Waals surface area contributed by atoms with E-state index in [-0.39, 0.29) is 11.9 Å². The third-order valence-electron chi connectivity index (χ3n) is 5.34. The highest BCUT2D eigenvalue weighted by Crippen LogP contribution is 2.25. The van der Waals surface area contributed by atoms with Crippen LogP contribution in [0.2, 0.25) is 0 Å². The molecule has 0 atom stereocenters. The molecule has 2 aromatic rings. The lowest BCUT2D eigenvalue weighted by Gasteiger charge is -2.16. The van der Waals surface area contributed by atoms with Crippen LogP contribution in [0.5, 0.6) is 0 Å². The van der Waals surface area contributed by atoms with Crippen LogP contribution in [0.1, 0.15) is 73.9 Å². The molecule has 1 amide bonds. The van der Waals surface area contributed by atoms with E-state index in [1.807, 2.05) is 0 Å². The van der Waals surface area contributed by atoms with E-state index in [1.54, 1.807) is 12.4 Å². The molecule has 1 aromatic carbocycles. The minimum absolute atomic E-state index is 0.0725. The summed E-state index contributed by atoms with van der Waals surface area (Å²) in [5.41, 5.74) is 4.09. The zero-order chi connectivity index (χ0) is 19.1. The average molecular weight is 367 g/mol. The molecule has 1 saturated carbocycles. The van der Waals surface area contributed by atoms with Gasteiger partial charge in [0, 0.05) is 24.1 Å². The Kier molecular flexibility index (Phi) is 6.80. The highest BCUT2D eigenvalue weighted by Gasteiger charge is 2.16. The Bertz CT molecular complexity index is 727. The van der Waals surface area contributed by atoms with Crippen molar-refractivity contribution in [3.05, 3.63) is 47.3 Å². The van der Waals surface area contributed by atoms with E-state index < -0.39 is 0 Å². The summed E-state index contributed by atoms with van der Waals surface area (Å²) in [7, 11) is 0. The summed E-state index contributed by atoms with van der Waals surface area (Å²) in [6, 6.07) is 6.61. The standard InChI is InChI=1S/C22H30N4O/c1-3-16-10-9-11-17(4-2)20(16)26-22-23-14-18(15-24-22)21(27)25-19-12-7-5-6-8-13-19/h9-11,14-15,19H,3-8,12-13H2,1-2H3,(H,25,27)(H,23,24,26). The van der Waals surface area contributed by atoms with Crippen LogP contribution >= 0.6 is 0 Å². The first-order chi connectivity index (χ1) is 13.2. The van der Waals surface area contributed by atoms with Crippen molar-refractivity contribution in [1.29, 1.82) is 0 Å². The molecule has 1 aromatic heterocycles. The van der Waals surface area contributed by atoms with Gasteiger partial charge in [0.05, 0.1) is 5.56 Å². The van der Waals surface area contributed by atoms with Crippen molar-refractivity contribution in [3.8, 4) is 0 Å². The van der Waals surface area contributed by atoms with Gasteiger partial charge in [-0.1, -0.05) is 57.7 Å². The number of anilines is 2. The van der Waals surface area contributed by atoms with Gasteiger partial charge in [0.1, 0.15) is 0 Å². The van der Waals surface area contributed by atoms with Gasteiger partial charge in [0.25, 0.3) is 5.91 Å². The van der Waals surface area contributed by atoms with Crippen molar-refractivity contribution in [1.82, 2.24) is 15.3 Å². The molecule has 0 unspecified atom stereocenters. The minimum atomic E-state index is -0.0725. The minimum Gasteiger partial charge on any atom is -0.349 e. The fraction of sp³-hybridized carbons (Fsp3) is 0.500. The highest BCUT2D eigenvalue weighted by molar-refractivity contribution is 5.93. The van der Waals surface area contributed by atoms with Gasteiger partial charge in [-0.2, -0.15) is 0 Å². The van der Waals surface area contributed by atoms with E-state index in [4.69, 9.17) is 0 Å². The van der Waals surface area contributed by atoms with E-state index in [0.29, 0.717) is 11.5 Å². The molecular formula is C22H30N4O. The molecule has 1 aliphatic rings. The van der Waals surface area contributed by atoms with E-state index in [9.17, 15) is 4.79 Å². The molecule has 1 heterocycles. The van der Waals surface area contributed by atoms with Crippen LogP contribution in [-0.2, 0) is 12.8 Å². The predicted molar refractivity (Wildman–Crippen MR) is 109 cm³/mol. The molecule has 1 fully saturated rings. The van der Waals surface area contributed by atoms with Crippen molar-refractivity contribution in [2.24, 2.45) is 0 Å². The van der Waals surface area contributed by atoms with Crippen molar-refractivity contribution in [2.75, 3.05) is 5.32 Å². The van der Waals surface area contributed by atoms with Crippen LogP contribution in [0.15, 0.2) is 30.6 Å². The lowest BCUT2D eigenvalue weighted by atomic mass is 10.0. The molecule has 0 bridgehead atoms. The molecule has 27 heavy (non-hydrogen) atoms. The van der Waals surface area contributed by atoms with Crippen LogP contribution in [0, 0.1) is 0 Å². The normalized spacial score (nSPS) is 15.2. The van der Waals surface area contributed by atoms with Crippen LogP contribution in [0.25, 0.3) is 0 Å². The fourth-order valence-corrected chi connectivity index (χ4v) is 3.72. The molecule has 5 nitrogen and oxygen atoms in total. The molecule has 0 aliphatic heterocycles. The Hall–Kier alpha value is -2.43. The maximum atomic E-state index is 12.5. The number of aromatic nitrogens is 2. The van der Waals surface area contributed by atoms with Crippen molar-refractivity contribution in [3.63, 3.8) is 0 Å². The van der Waals surface area contributed by atoms with Crippen LogP contribution < -0.4 is 10.6 Å². The van der Waals surface area contributed by atoms with Crippen LogP contribution in [-0.4, -0.2) is 21.9 Å². The van der Waals surface area contributed by atoms with Crippen LogP contribution in [0.3, 0.4) is 0 Å². The average Bonchev–Trinajstić information content (AvgIpc) is 2.97. The first-order valence-electron chi connectivity index (χ1n) is 10.2. The van der Waals surface area contributed by atoms with E-state index in [2.05, 4.69) is 52.6 Å². The molecule has 0 saturated heterocycles. The predicted octanol–water partition coefficient (Wildman–Crippen LogP) is 4.80. The van der Waals surface area contributed by atoms with Crippen molar-refractivity contribution >= 4 is 17.5 Å². The fourth-order valence-electron chi connectivity index (χ4n) is 3.72. The third-order valence-corrected chi connectivity index (χ3v) is 5.34. The number of aryl methyl sites for hydroxylation is 2. The van der Waals surface area contributed by atoms with E-state index in [1.165, 1.54) is 36.8 Å². The van der Waals surface area contributed by atoms with Crippen molar-refractivity contribution < 1.29 is 4.79 Å². The zero-order valence-corrected chi connectivity index (χ0v) is 16.4. The number of amides is 1. The topological polar surface area (TPSA) is 66.9 Å². The molecular weight excluding hydrogens is 336 g/mol. The number of nitrogens with zero attached hydrogens (tertiary/aromatic N) is 2. The van der Waals surface area contributed by atoms with Gasteiger partial charge >= 0.3 is 0 Å². The van der Waals surface area contributed by atoms with Gasteiger partial charge in [0.15, 0.2) is 0 Å². The summed E-state index contributed by atoms with van der Waals surface area (Å²) in [4.78, 5) is 21.2. The van der Waals surface area contributed by atoms with Gasteiger partial charge in [-0.25, -0.2) is 9.97 Å². The summed E-state index contributed by atoms with van der Waals surface area (Å²) >= 11 is 0. The second-order valence-electron chi connectivity index (χ2n) is 7.24. The molecule has 3 rings (SSSR count). The Morgan fingerprint density at radius 2 is 1.59 bits per heavy atom.